The third-order valence-electron chi connectivity index (χ3n) is 5.65. The zero-order chi connectivity index (χ0) is 28.1. The molecule has 3 heterocycles. The Bertz CT molecular complexity index is 1540. The molecular formula is C26H23F2N4O5S2-. The molecule has 0 radical (unpaired) electrons. The number of aromatic hydroxyl groups is 1. The van der Waals surface area contributed by atoms with Crippen molar-refractivity contribution in [2.45, 2.75) is 17.9 Å². The van der Waals surface area contributed by atoms with E-state index in [4.69, 9.17) is 15.2 Å². The molecule has 39 heavy (non-hydrogen) atoms. The Balaban J connectivity index is 0.000000183. The van der Waals surface area contributed by atoms with Crippen LogP contribution in [-0.4, -0.2) is 50.4 Å². The van der Waals surface area contributed by atoms with Gasteiger partial charge in [0.15, 0.2) is 28.3 Å². The summed E-state index contributed by atoms with van der Waals surface area (Å²) in [5, 5.41) is 10.4. The molecule has 0 amide bonds. The highest BCUT2D eigenvalue weighted by atomic mass is 32.2. The molecule has 0 bridgehead atoms. The van der Waals surface area contributed by atoms with Gasteiger partial charge in [-0.15, -0.1) is 11.3 Å². The van der Waals surface area contributed by atoms with Crippen LogP contribution in [0.3, 0.4) is 0 Å². The Labute approximate surface area is 229 Å². The van der Waals surface area contributed by atoms with E-state index in [1.807, 2.05) is 0 Å². The number of hydrogen-bond acceptors (Lipinski definition) is 10. The molecule has 1 atom stereocenters. The maximum absolute atomic E-state index is 13.2. The number of phenols is 1. The van der Waals surface area contributed by atoms with E-state index in [0.717, 1.165) is 17.0 Å². The van der Waals surface area contributed by atoms with Gasteiger partial charge in [0, 0.05) is 28.1 Å². The summed E-state index contributed by atoms with van der Waals surface area (Å²) in [7, 11) is 1.46. The topological polar surface area (TPSA) is 143 Å². The van der Waals surface area contributed by atoms with Crippen LogP contribution in [0.5, 0.6) is 11.5 Å². The van der Waals surface area contributed by atoms with Gasteiger partial charge in [-0.1, -0.05) is 6.07 Å². The molecule has 2 aromatic heterocycles. The predicted molar refractivity (Wildman–Crippen MR) is 144 cm³/mol. The lowest BCUT2D eigenvalue weighted by molar-refractivity contribution is 0.0100. The number of aryl methyl sites for hydroxylation is 1. The second-order valence-corrected chi connectivity index (χ2v) is 10.3. The number of ether oxygens (including phenoxy) is 2. The fourth-order valence-electron chi connectivity index (χ4n) is 3.61. The number of hydrogen-bond donors (Lipinski definition) is 2. The quantitative estimate of drug-likeness (QED) is 0.246. The van der Waals surface area contributed by atoms with E-state index in [9.17, 15) is 22.6 Å². The highest BCUT2D eigenvalue weighted by Crippen LogP contribution is 2.38. The molecular weight excluding hydrogens is 550 g/mol. The number of methoxy groups -OCH3 is 1. The number of pyridine rings is 1. The fourth-order valence-corrected chi connectivity index (χ4v) is 4.99. The van der Waals surface area contributed by atoms with E-state index in [-0.39, 0.29) is 16.7 Å². The summed E-state index contributed by atoms with van der Waals surface area (Å²) in [5.41, 5.74) is 8.36. The van der Waals surface area contributed by atoms with Gasteiger partial charge in [-0.2, -0.15) is 0 Å². The van der Waals surface area contributed by atoms with Crippen molar-refractivity contribution < 1.29 is 32.1 Å². The minimum Gasteiger partial charge on any atom is -0.767 e. The summed E-state index contributed by atoms with van der Waals surface area (Å²) in [4.78, 5) is 13.2. The fraction of sp³-hybridized carbons (Fsp3) is 0.192. The lowest BCUT2D eigenvalue weighted by Gasteiger charge is -2.25. The number of halogens is 2. The van der Waals surface area contributed by atoms with E-state index in [1.165, 1.54) is 36.9 Å². The molecule has 1 aliphatic heterocycles. The van der Waals surface area contributed by atoms with Crippen molar-refractivity contribution in [3.8, 4) is 22.8 Å². The van der Waals surface area contributed by atoms with Gasteiger partial charge in [-0.3, -0.25) is 9.20 Å². The van der Waals surface area contributed by atoms with Crippen LogP contribution >= 0.6 is 11.3 Å². The molecule has 5 rings (SSSR count). The van der Waals surface area contributed by atoms with Crippen LogP contribution in [0.2, 0.25) is 0 Å². The van der Waals surface area contributed by atoms with E-state index in [2.05, 4.69) is 15.0 Å². The predicted octanol–water partition coefficient (Wildman–Crippen LogP) is 4.88. The highest BCUT2D eigenvalue weighted by Gasteiger charge is 2.27. The molecule has 1 aliphatic rings. The molecule has 1 saturated heterocycles. The molecule has 0 spiro atoms. The number of thiazole rings is 1. The van der Waals surface area contributed by atoms with Crippen LogP contribution in [-0.2, 0) is 15.8 Å². The molecule has 9 nitrogen and oxygen atoms in total. The first-order chi connectivity index (χ1) is 18.7. The number of anilines is 1. The van der Waals surface area contributed by atoms with Crippen molar-refractivity contribution in [1.82, 2.24) is 9.97 Å². The number of nitrogens with two attached hydrogens (primary N) is 1. The second-order valence-electron chi connectivity index (χ2n) is 8.33. The van der Waals surface area contributed by atoms with Crippen LogP contribution in [0.1, 0.15) is 21.9 Å². The van der Waals surface area contributed by atoms with Gasteiger partial charge in [0.2, 0.25) is 0 Å². The molecule has 13 heteroatoms. The van der Waals surface area contributed by atoms with Crippen molar-refractivity contribution in [3.63, 3.8) is 0 Å². The van der Waals surface area contributed by atoms with Crippen molar-refractivity contribution in [3.05, 3.63) is 76.3 Å². The highest BCUT2D eigenvalue weighted by molar-refractivity contribution is 7.79. The minimum atomic E-state index is -2.37. The van der Waals surface area contributed by atoms with Gasteiger partial charge in [-0.25, -0.2) is 18.7 Å². The number of phenolic OH excluding ortho intramolecular Hbond substituents is 1. The number of nitrogen functional groups attached to an aromatic ring is 1. The average Bonchev–Trinajstić information content (AvgIpc) is 3.25. The third kappa shape index (κ3) is 6.63. The van der Waals surface area contributed by atoms with Gasteiger partial charge in [-0.05, 0) is 60.0 Å². The van der Waals surface area contributed by atoms with Gasteiger partial charge in [0.1, 0.15) is 5.03 Å². The first-order valence-electron chi connectivity index (χ1n) is 11.4. The normalized spacial score (nSPS) is 14.0. The summed E-state index contributed by atoms with van der Waals surface area (Å²) in [6, 6.07) is 10.4. The number of rotatable bonds is 6. The van der Waals surface area contributed by atoms with Crippen LogP contribution in [0.25, 0.3) is 11.3 Å². The minimum absolute atomic E-state index is 0.00169. The molecule has 204 valence electrons. The van der Waals surface area contributed by atoms with Crippen LogP contribution in [0, 0.1) is 18.6 Å². The summed E-state index contributed by atoms with van der Waals surface area (Å²) in [6.45, 7) is 2.89. The Morgan fingerprint density at radius 3 is 2.64 bits per heavy atom. The van der Waals surface area contributed by atoms with Crippen LogP contribution in [0.4, 0.5) is 19.6 Å². The Morgan fingerprint density at radius 1 is 1.26 bits per heavy atom. The standard InChI is InChI=1S/C14H14N2O4S.C12H10F2N2OS/c1-9-6-11(8-16-14(9)21(18)19)15-7-10-4-3-5-12(20-2)13(10)17;13-8-2-1-6(3-9(8)14)10-11(7-4-17-5-7)18-12(15)16-10/h3-8,17H,1-2H3,(H,18,19);1-3,7H,4-5H2,(H2,15,16)/p-1. The van der Waals surface area contributed by atoms with Crippen molar-refractivity contribution in [2.24, 2.45) is 4.99 Å². The second kappa shape index (κ2) is 12.4. The average molecular weight is 574 g/mol. The van der Waals surface area contributed by atoms with E-state index < -0.39 is 22.7 Å². The molecule has 4 aromatic rings. The lowest BCUT2D eigenvalue weighted by Crippen LogP contribution is -2.24. The van der Waals surface area contributed by atoms with Crippen LogP contribution < -0.4 is 10.5 Å². The number of benzene rings is 2. The molecule has 0 saturated carbocycles. The summed E-state index contributed by atoms with van der Waals surface area (Å²) in [6.07, 6.45) is 2.81. The zero-order valence-electron chi connectivity index (χ0n) is 20.8. The lowest BCUT2D eigenvalue weighted by atomic mass is 10.0. The summed E-state index contributed by atoms with van der Waals surface area (Å²) >= 11 is -0.993. The smallest absolute Gasteiger partial charge is 0.180 e. The number of aromatic nitrogens is 2. The first kappa shape index (κ1) is 28.2. The maximum atomic E-state index is 13.2. The van der Waals surface area contributed by atoms with Gasteiger partial charge in [0.05, 0.1) is 37.9 Å². The zero-order valence-corrected chi connectivity index (χ0v) is 22.4. The Kier molecular flexibility index (Phi) is 8.97. The van der Waals surface area contributed by atoms with Gasteiger partial charge >= 0.3 is 0 Å². The van der Waals surface area contributed by atoms with Crippen molar-refractivity contribution in [1.29, 1.82) is 0 Å². The van der Waals surface area contributed by atoms with E-state index >= 15 is 0 Å². The number of aliphatic imine (C=N–C) groups is 1. The Hall–Kier alpha value is -3.78. The molecule has 3 N–H and O–H groups in total. The monoisotopic (exact) mass is 573 g/mol. The van der Waals surface area contributed by atoms with Gasteiger partial charge in [0.25, 0.3) is 0 Å². The maximum Gasteiger partial charge on any atom is 0.180 e. The third-order valence-corrected chi connectivity index (χ3v) is 7.44. The van der Waals surface area contributed by atoms with E-state index in [1.54, 1.807) is 31.2 Å². The van der Waals surface area contributed by atoms with Crippen molar-refractivity contribution in [2.75, 3.05) is 26.1 Å². The summed E-state index contributed by atoms with van der Waals surface area (Å²) in [5.74, 6) is -1.15. The molecule has 1 fully saturated rings. The Morgan fingerprint density at radius 2 is 2.03 bits per heavy atom. The number of nitrogens with zero attached hydrogens (tertiary/aromatic N) is 3. The first-order valence-corrected chi connectivity index (χ1v) is 13.3. The summed E-state index contributed by atoms with van der Waals surface area (Å²) < 4.78 is 58.1. The van der Waals surface area contributed by atoms with Crippen LogP contribution in [0.15, 0.2) is 58.7 Å². The van der Waals surface area contributed by atoms with E-state index in [0.29, 0.717) is 52.2 Å². The molecule has 0 aliphatic carbocycles. The van der Waals surface area contributed by atoms with Gasteiger partial charge < -0.3 is 24.9 Å². The molecule has 2 aromatic carbocycles. The number of para-hydroxylation sites is 1. The van der Waals surface area contributed by atoms with Crippen molar-refractivity contribution >= 4 is 39.5 Å². The largest absolute Gasteiger partial charge is 0.767 e. The molecule has 1 unspecified atom stereocenters. The SMILES string of the molecule is COc1cccc(C=Nc2cnc(S(=O)[O-])c(C)c2)c1O.Nc1nc(-c2ccc(F)c(F)c2)c(C2COC2)s1.